The maximum absolute atomic E-state index is 3.77. The Balaban J connectivity index is 2.12. The van der Waals surface area contributed by atoms with Gasteiger partial charge in [-0.25, -0.2) is 0 Å². The van der Waals surface area contributed by atoms with Gasteiger partial charge in [-0.2, -0.15) is 0 Å². The van der Waals surface area contributed by atoms with Crippen LogP contribution in [0.25, 0.3) is 0 Å². The first kappa shape index (κ1) is 17.0. The highest BCUT2D eigenvalue weighted by atomic mass is 79.9. The molecule has 0 aliphatic carbocycles. The summed E-state index contributed by atoms with van der Waals surface area (Å²) < 4.78 is 1.23. The number of hydrogen-bond acceptors (Lipinski definition) is 2. The SMILES string of the molecule is CCCC1CNC(C(C)(C)C)CN1Cc1ccccc1Br. The topological polar surface area (TPSA) is 15.3 Å². The molecule has 0 spiro atoms. The second kappa shape index (κ2) is 7.26. The van der Waals surface area contributed by atoms with Crippen LogP contribution >= 0.6 is 15.9 Å². The van der Waals surface area contributed by atoms with E-state index in [4.69, 9.17) is 0 Å². The number of benzene rings is 1. The Bertz CT molecular complexity index is 453. The molecule has 21 heavy (non-hydrogen) atoms. The molecular weight excluding hydrogens is 324 g/mol. The van der Waals surface area contributed by atoms with Crippen molar-refractivity contribution in [2.75, 3.05) is 13.1 Å². The Hall–Kier alpha value is -0.380. The molecule has 1 heterocycles. The first-order chi connectivity index (χ1) is 9.91. The molecule has 1 N–H and O–H groups in total. The average Bonchev–Trinajstić information content (AvgIpc) is 2.42. The van der Waals surface area contributed by atoms with Crippen molar-refractivity contribution in [2.45, 2.75) is 59.2 Å². The molecule has 1 aromatic rings. The van der Waals surface area contributed by atoms with Crippen molar-refractivity contribution in [2.24, 2.45) is 5.41 Å². The number of nitrogens with zero attached hydrogens (tertiary/aromatic N) is 1. The van der Waals surface area contributed by atoms with Crippen LogP contribution in [-0.4, -0.2) is 30.1 Å². The molecule has 1 aliphatic heterocycles. The Morgan fingerprint density at radius 2 is 2.00 bits per heavy atom. The Morgan fingerprint density at radius 1 is 1.29 bits per heavy atom. The summed E-state index contributed by atoms with van der Waals surface area (Å²) in [5.74, 6) is 0. The predicted molar refractivity (Wildman–Crippen MR) is 94.5 cm³/mol. The number of nitrogens with one attached hydrogen (secondary N) is 1. The molecule has 1 fully saturated rings. The summed E-state index contributed by atoms with van der Waals surface area (Å²) in [7, 11) is 0. The molecule has 2 rings (SSSR count). The van der Waals surface area contributed by atoms with E-state index in [1.165, 1.54) is 22.9 Å². The lowest BCUT2D eigenvalue weighted by atomic mass is 9.84. The molecule has 1 aliphatic rings. The monoisotopic (exact) mass is 352 g/mol. The highest BCUT2D eigenvalue weighted by Gasteiger charge is 2.33. The van der Waals surface area contributed by atoms with Crippen LogP contribution in [0.5, 0.6) is 0 Å². The summed E-state index contributed by atoms with van der Waals surface area (Å²) in [6.07, 6.45) is 2.52. The normalized spacial score (nSPS) is 24.2. The van der Waals surface area contributed by atoms with Crippen LogP contribution in [0, 0.1) is 5.41 Å². The zero-order chi connectivity index (χ0) is 15.5. The van der Waals surface area contributed by atoms with E-state index in [0.717, 1.165) is 19.6 Å². The van der Waals surface area contributed by atoms with Gasteiger partial charge in [0.25, 0.3) is 0 Å². The average molecular weight is 353 g/mol. The summed E-state index contributed by atoms with van der Waals surface area (Å²) in [5.41, 5.74) is 1.71. The highest BCUT2D eigenvalue weighted by Crippen LogP contribution is 2.27. The van der Waals surface area contributed by atoms with Crippen LogP contribution in [0.3, 0.4) is 0 Å². The third-order valence-electron chi connectivity index (χ3n) is 4.53. The molecule has 1 aromatic carbocycles. The van der Waals surface area contributed by atoms with Crippen LogP contribution in [0.15, 0.2) is 28.7 Å². The first-order valence-corrected chi connectivity index (χ1v) is 8.92. The number of rotatable bonds is 4. The number of hydrogen-bond donors (Lipinski definition) is 1. The molecular formula is C18H29BrN2. The second-order valence-corrected chi connectivity index (χ2v) is 8.14. The fourth-order valence-corrected chi connectivity index (χ4v) is 3.50. The largest absolute Gasteiger partial charge is 0.311 e. The Labute approximate surface area is 138 Å². The zero-order valence-corrected chi connectivity index (χ0v) is 15.4. The highest BCUT2D eigenvalue weighted by molar-refractivity contribution is 9.10. The van der Waals surface area contributed by atoms with Crippen molar-refractivity contribution in [3.63, 3.8) is 0 Å². The minimum absolute atomic E-state index is 0.309. The fraction of sp³-hybridized carbons (Fsp3) is 0.667. The molecule has 118 valence electrons. The summed E-state index contributed by atoms with van der Waals surface area (Å²) >= 11 is 3.69. The molecule has 2 atom stereocenters. The third-order valence-corrected chi connectivity index (χ3v) is 5.31. The Morgan fingerprint density at radius 3 is 2.62 bits per heavy atom. The zero-order valence-electron chi connectivity index (χ0n) is 13.8. The van der Waals surface area contributed by atoms with Crippen molar-refractivity contribution in [1.29, 1.82) is 0 Å². The second-order valence-electron chi connectivity index (χ2n) is 7.29. The van der Waals surface area contributed by atoms with Crippen LogP contribution < -0.4 is 5.32 Å². The van der Waals surface area contributed by atoms with Gasteiger partial charge in [0.05, 0.1) is 0 Å². The summed E-state index contributed by atoms with van der Waals surface area (Å²) in [4.78, 5) is 2.68. The quantitative estimate of drug-likeness (QED) is 0.861. The van der Waals surface area contributed by atoms with E-state index in [0.29, 0.717) is 17.5 Å². The van der Waals surface area contributed by atoms with E-state index in [-0.39, 0.29) is 0 Å². The molecule has 2 unspecified atom stereocenters. The van der Waals surface area contributed by atoms with Crippen LogP contribution in [0.2, 0.25) is 0 Å². The van der Waals surface area contributed by atoms with E-state index in [2.05, 4.69) is 78.1 Å². The van der Waals surface area contributed by atoms with E-state index in [9.17, 15) is 0 Å². The van der Waals surface area contributed by atoms with Crippen molar-refractivity contribution < 1.29 is 0 Å². The molecule has 0 aromatic heterocycles. The predicted octanol–water partition coefficient (Wildman–Crippen LogP) is 4.44. The molecule has 3 heteroatoms. The molecule has 2 nitrogen and oxygen atoms in total. The van der Waals surface area contributed by atoms with Crippen molar-refractivity contribution in [3.8, 4) is 0 Å². The Kier molecular flexibility index (Phi) is 5.87. The van der Waals surface area contributed by atoms with Crippen LogP contribution in [0.4, 0.5) is 0 Å². The third kappa shape index (κ3) is 4.54. The van der Waals surface area contributed by atoms with Gasteiger partial charge in [-0.05, 0) is 23.5 Å². The summed E-state index contributed by atoms with van der Waals surface area (Å²) in [6.45, 7) is 12.6. The lowest BCUT2D eigenvalue weighted by Gasteiger charge is -2.45. The van der Waals surface area contributed by atoms with Gasteiger partial charge in [0, 0.05) is 36.2 Å². The van der Waals surface area contributed by atoms with Gasteiger partial charge < -0.3 is 5.32 Å². The van der Waals surface area contributed by atoms with Gasteiger partial charge in [0.1, 0.15) is 0 Å². The van der Waals surface area contributed by atoms with Gasteiger partial charge in [-0.3, -0.25) is 4.90 Å². The molecule has 0 radical (unpaired) electrons. The minimum Gasteiger partial charge on any atom is -0.311 e. The van der Waals surface area contributed by atoms with Crippen molar-refractivity contribution in [3.05, 3.63) is 34.3 Å². The van der Waals surface area contributed by atoms with E-state index < -0.39 is 0 Å². The molecule has 1 saturated heterocycles. The van der Waals surface area contributed by atoms with Gasteiger partial charge in [0.15, 0.2) is 0 Å². The molecule has 0 amide bonds. The maximum atomic E-state index is 3.77. The van der Waals surface area contributed by atoms with Crippen LogP contribution in [-0.2, 0) is 6.54 Å². The number of piperazine rings is 1. The van der Waals surface area contributed by atoms with Gasteiger partial charge >= 0.3 is 0 Å². The minimum atomic E-state index is 0.309. The van der Waals surface area contributed by atoms with E-state index in [1.54, 1.807) is 0 Å². The van der Waals surface area contributed by atoms with Gasteiger partial charge in [-0.1, -0.05) is 68.2 Å². The van der Waals surface area contributed by atoms with Gasteiger partial charge in [0.2, 0.25) is 0 Å². The molecule has 0 bridgehead atoms. The van der Waals surface area contributed by atoms with E-state index >= 15 is 0 Å². The van der Waals surface area contributed by atoms with Gasteiger partial charge in [-0.15, -0.1) is 0 Å². The lowest BCUT2D eigenvalue weighted by molar-refractivity contribution is 0.0746. The maximum Gasteiger partial charge on any atom is 0.0249 e. The first-order valence-electron chi connectivity index (χ1n) is 8.12. The fourth-order valence-electron chi connectivity index (χ4n) is 3.09. The lowest BCUT2D eigenvalue weighted by Crippen LogP contribution is -2.59. The smallest absolute Gasteiger partial charge is 0.0249 e. The summed E-state index contributed by atoms with van der Waals surface area (Å²) in [6, 6.07) is 9.83. The molecule has 0 saturated carbocycles. The number of halogens is 1. The summed E-state index contributed by atoms with van der Waals surface area (Å²) in [5, 5.41) is 3.77. The van der Waals surface area contributed by atoms with Crippen molar-refractivity contribution in [1.82, 2.24) is 10.2 Å². The van der Waals surface area contributed by atoms with Crippen LogP contribution in [0.1, 0.15) is 46.1 Å². The van der Waals surface area contributed by atoms with E-state index in [1.807, 2.05) is 0 Å². The standard InChI is InChI=1S/C18H29BrN2/c1-5-8-15-11-20-17(18(2,3)4)13-21(15)12-14-9-6-7-10-16(14)19/h6-7,9-10,15,17,20H,5,8,11-13H2,1-4H3. The van der Waals surface area contributed by atoms with Crippen molar-refractivity contribution >= 4 is 15.9 Å².